The van der Waals surface area contributed by atoms with Gasteiger partial charge in [0.25, 0.3) is 0 Å². The number of hydrogen-bond donors (Lipinski definition) is 1. The zero-order valence-corrected chi connectivity index (χ0v) is 9.66. The highest BCUT2D eigenvalue weighted by molar-refractivity contribution is 7.99. The molecule has 0 aliphatic carbocycles. The summed E-state index contributed by atoms with van der Waals surface area (Å²) in [6.07, 6.45) is 1.08. The summed E-state index contributed by atoms with van der Waals surface area (Å²) in [4.78, 5) is 1.32. The standard InChI is InChI=1S/C12H17NS/c1-9(2)6-7-14-12-5-4-11(13)8-10(12)3/h4-5,8H,1,6-7,13H2,2-3H3. The molecule has 1 aromatic rings. The lowest BCUT2D eigenvalue weighted by molar-refractivity contribution is 1.12. The van der Waals surface area contributed by atoms with Gasteiger partial charge in [0, 0.05) is 16.3 Å². The van der Waals surface area contributed by atoms with Crippen LogP contribution in [0.15, 0.2) is 35.2 Å². The van der Waals surface area contributed by atoms with Crippen LogP contribution in [0.5, 0.6) is 0 Å². The Kier molecular flexibility index (Phi) is 4.08. The SMILES string of the molecule is C=C(C)CCSc1ccc(N)cc1C. The molecule has 0 aliphatic rings. The summed E-state index contributed by atoms with van der Waals surface area (Å²) in [6.45, 7) is 8.05. The van der Waals surface area contributed by atoms with Crippen molar-refractivity contribution in [2.45, 2.75) is 25.2 Å². The van der Waals surface area contributed by atoms with Crippen LogP contribution in [0.2, 0.25) is 0 Å². The molecule has 0 saturated carbocycles. The van der Waals surface area contributed by atoms with Gasteiger partial charge in [-0.2, -0.15) is 0 Å². The predicted molar refractivity (Wildman–Crippen MR) is 65.7 cm³/mol. The van der Waals surface area contributed by atoms with E-state index in [0.29, 0.717) is 0 Å². The van der Waals surface area contributed by atoms with Crippen molar-refractivity contribution in [2.75, 3.05) is 11.5 Å². The quantitative estimate of drug-likeness (QED) is 0.463. The second-order valence-corrected chi connectivity index (χ2v) is 4.72. The zero-order valence-electron chi connectivity index (χ0n) is 8.84. The topological polar surface area (TPSA) is 26.0 Å². The Morgan fingerprint density at radius 2 is 2.21 bits per heavy atom. The van der Waals surface area contributed by atoms with Crippen LogP contribution in [-0.4, -0.2) is 5.75 Å². The number of aryl methyl sites for hydroxylation is 1. The number of anilines is 1. The molecular formula is C12H17NS. The first kappa shape index (κ1) is 11.2. The number of thioether (sulfide) groups is 1. The van der Waals surface area contributed by atoms with Gasteiger partial charge in [-0.15, -0.1) is 18.3 Å². The third-order valence-electron chi connectivity index (χ3n) is 1.99. The van der Waals surface area contributed by atoms with Gasteiger partial charge < -0.3 is 5.73 Å². The molecule has 0 radical (unpaired) electrons. The highest BCUT2D eigenvalue weighted by Crippen LogP contribution is 2.25. The fraction of sp³-hybridized carbons (Fsp3) is 0.333. The summed E-state index contributed by atoms with van der Waals surface area (Å²) in [6, 6.07) is 6.06. The number of allylic oxidation sites excluding steroid dienone is 1. The molecule has 1 nitrogen and oxygen atoms in total. The maximum absolute atomic E-state index is 5.68. The minimum atomic E-state index is 0.840. The predicted octanol–water partition coefficient (Wildman–Crippen LogP) is 3.64. The summed E-state index contributed by atoms with van der Waals surface area (Å²) >= 11 is 1.87. The fourth-order valence-corrected chi connectivity index (χ4v) is 2.29. The molecule has 1 aromatic carbocycles. The van der Waals surface area contributed by atoms with Crippen LogP contribution >= 0.6 is 11.8 Å². The van der Waals surface area contributed by atoms with Crippen molar-refractivity contribution in [3.05, 3.63) is 35.9 Å². The van der Waals surface area contributed by atoms with Gasteiger partial charge in [-0.1, -0.05) is 5.57 Å². The Morgan fingerprint density at radius 1 is 1.50 bits per heavy atom. The van der Waals surface area contributed by atoms with E-state index >= 15 is 0 Å². The molecule has 0 saturated heterocycles. The van der Waals surface area contributed by atoms with E-state index in [-0.39, 0.29) is 0 Å². The van der Waals surface area contributed by atoms with Crippen LogP contribution in [-0.2, 0) is 0 Å². The molecule has 14 heavy (non-hydrogen) atoms. The zero-order chi connectivity index (χ0) is 10.6. The molecule has 2 N–H and O–H groups in total. The number of hydrogen-bond acceptors (Lipinski definition) is 2. The first-order valence-corrected chi connectivity index (χ1v) is 5.71. The smallest absolute Gasteiger partial charge is 0.0317 e. The lowest BCUT2D eigenvalue weighted by Crippen LogP contribution is -1.88. The van der Waals surface area contributed by atoms with E-state index in [1.165, 1.54) is 16.0 Å². The van der Waals surface area contributed by atoms with E-state index in [9.17, 15) is 0 Å². The highest BCUT2D eigenvalue weighted by Gasteiger charge is 1.99. The molecule has 0 aromatic heterocycles. The van der Waals surface area contributed by atoms with Crippen molar-refractivity contribution in [3.63, 3.8) is 0 Å². The second-order valence-electron chi connectivity index (χ2n) is 3.58. The van der Waals surface area contributed by atoms with Gasteiger partial charge in [0.15, 0.2) is 0 Å². The normalized spacial score (nSPS) is 10.1. The molecule has 0 amide bonds. The molecule has 0 bridgehead atoms. The van der Waals surface area contributed by atoms with Gasteiger partial charge in [0.1, 0.15) is 0 Å². The van der Waals surface area contributed by atoms with Crippen LogP contribution < -0.4 is 5.73 Å². The number of nitrogen functional groups attached to an aromatic ring is 1. The van der Waals surface area contributed by atoms with E-state index in [0.717, 1.165) is 17.9 Å². The van der Waals surface area contributed by atoms with Crippen LogP contribution in [0.3, 0.4) is 0 Å². The molecule has 1 rings (SSSR count). The van der Waals surface area contributed by atoms with Gasteiger partial charge in [0.2, 0.25) is 0 Å². The molecule has 0 atom stereocenters. The number of benzene rings is 1. The minimum absolute atomic E-state index is 0.840. The van der Waals surface area contributed by atoms with Gasteiger partial charge in [-0.25, -0.2) is 0 Å². The molecule has 0 heterocycles. The van der Waals surface area contributed by atoms with Crippen molar-refractivity contribution < 1.29 is 0 Å². The van der Waals surface area contributed by atoms with Gasteiger partial charge in [-0.3, -0.25) is 0 Å². The van der Waals surface area contributed by atoms with Crippen LogP contribution in [0.1, 0.15) is 18.9 Å². The number of nitrogens with two attached hydrogens (primary N) is 1. The lowest BCUT2D eigenvalue weighted by atomic mass is 10.2. The first-order chi connectivity index (χ1) is 6.59. The van der Waals surface area contributed by atoms with Crippen molar-refractivity contribution >= 4 is 17.4 Å². The van der Waals surface area contributed by atoms with E-state index in [1.54, 1.807) is 0 Å². The Bertz CT molecular complexity index is 331. The van der Waals surface area contributed by atoms with E-state index < -0.39 is 0 Å². The third kappa shape index (κ3) is 3.46. The van der Waals surface area contributed by atoms with Gasteiger partial charge >= 0.3 is 0 Å². The first-order valence-electron chi connectivity index (χ1n) is 4.73. The molecule has 0 fully saturated rings. The van der Waals surface area contributed by atoms with Crippen LogP contribution in [0, 0.1) is 6.92 Å². The Balaban J connectivity index is 2.55. The molecule has 0 aliphatic heterocycles. The monoisotopic (exact) mass is 207 g/mol. The molecule has 2 heteroatoms. The maximum Gasteiger partial charge on any atom is 0.0317 e. The molecule has 0 unspecified atom stereocenters. The maximum atomic E-state index is 5.68. The Hall–Kier alpha value is -0.890. The van der Waals surface area contributed by atoms with Crippen LogP contribution in [0.25, 0.3) is 0 Å². The van der Waals surface area contributed by atoms with E-state index in [4.69, 9.17) is 5.73 Å². The fourth-order valence-electron chi connectivity index (χ4n) is 1.17. The molecule has 76 valence electrons. The molecular weight excluding hydrogens is 190 g/mol. The third-order valence-corrected chi connectivity index (χ3v) is 3.16. The summed E-state index contributed by atoms with van der Waals surface area (Å²) in [5.41, 5.74) is 9.02. The van der Waals surface area contributed by atoms with Gasteiger partial charge in [0.05, 0.1) is 0 Å². The largest absolute Gasteiger partial charge is 0.399 e. The Labute approximate surface area is 90.4 Å². The van der Waals surface area contributed by atoms with Crippen molar-refractivity contribution in [2.24, 2.45) is 0 Å². The van der Waals surface area contributed by atoms with Crippen LogP contribution in [0.4, 0.5) is 5.69 Å². The summed E-state index contributed by atoms with van der Waals surface area (Å²) in [5.74, 6) is 1.10. The van der Waals surface area contributed by atoms with E-state index in [1.807, 2.05) is 23.9 Å². The Morgan fingerprint density at radius 3 is 2.79 bits per heavy atom. The lowest BCUT2D eigenvalue weighted by Gasteiger charge is -2.06. The highest BCUT2D eigenvalue weighted by atomic mass is 32.2. The molecule has 0 spiro atoms. The van der Waals surface area contributed by atoms with Crippen molar-refractivity contribution in [3.8, 4) is 0 Å². The summed E-state index contributed by atoms with van der Waals surface area (Å²) in [5, 5.41) is 0. The van der Waals surface area contributed by atoms with Crippen molar-refractivity contribution in [1.82, 2.24) is 0 Å². The van der Waals surface area contributed by atoms with E-state index in [2.05, 4.69) is 26.5 Å². The summed E-state index contributed by atoms with van der Waals surface area (Å²) in [7, 11) is 0. The van der Waals surface area contributed by atoms with Gasteiger partial charge in [-0.05, 0) is 44.0 Å². The average molecular weight is 207 g/mol. The minimum Gasteiger partial charge on any atom is -0.399 e. The second kappa shape index (κ2) is 5.11. The average Bonchev–Trinajstić information content (AvgIpc) is 2.08. The van der Waals surface area contributed by atoms with Crippen molar-refractivity contribution in [1.29, 1.82) is 0 Å². The summed E-state index contributed by atoms with van der Waals surface area (Å²) < 4.78 is 0. The number of rotatable bonds is 4.